The summed E-state index contributed by atoms with van der Waals surface area (Å²) in [6.07, 6.45) is 0. The van der Waals surface area contributed by atoms with Gasteiger partial charge in [0.2, 0.25) is 0 Å². The van der Waals surface area contributed by atoms with E-state index in [2.05, 4.69) is 15.4 Å². The molecule has 7 N–H and O–H groups in total. The average molecular weight is 296 g/mol. The Morgan fingerprint density at radius 2 is 2.05 bits per heavy atom. The molecule has 0 atom stereocenters. The van der Waals surface area contributed by atoms with Crippen molar-refractivity contribution in [2.45, 2.75) is 10.9 Å². The first-order valence-electron chi connectivity index (χ1n) is 5.20. The normalized spacial score (nSPS) is 10.4. The summed E-state index contributed by atoms with van der Waals surface area (Å²) in [6.45, 7) is 0. The number of aromatic nitrogens is 2. The van der Waals surface area contributed by atoms with Gasteiger partial charge in [-0.05, 0) is 17.0 Å². The van der Waals surface area contributed by atoms with Crippen LogP contribution in [0.15, 0.2) is 22.7 Å². The maximum atomic E-state index is 11.5. The molecule has 2 heterocycles. The Bertz CT molecular complexity index is 579. The van der Waals surface area contributed by atoms with Crippen LogP contribution in [0.3, 0.4) is 0 Å². The molecule has 2 aromatic rings. The van der Waals surface area contributed by atoms with E-state index < -0.39 is 0 Å². The third-order valence-corrected chi connectivity index (χ3v) is 4.04. The van der Waals surface area contributed by atoms with Crippen molar-refractivity contribution in [3.8, 4) is 0 Å². The molecule has 2 rings (SSSR count). The number of thiophene rings is 1. The van der Waals surface area contributed by atoms with E-state index in [4.69, 9.17) is 17.3 Å². The van der Waals surface area contributed by atoms with Gasteiger partial charge in [-0.25, -0.2) is 15.8 Å². The molecular formula is C10H12N6OS2. The van der Waals surface area contributed by atoms with Gasteiger partial charge < -0.3 is 11.5 Å². The summed E-state index contributed by atoms with van der Waals surface area (Å²) in [7, 11) is 0. The number of rotatable bonds is 4. The molecule has 0 bridgehead atoms. The third kappa shape index (κ3) is 3.34. The van der Waals surface area contributed by atoms with Crippen LogP contribution in [-0.2, 0) is 5.75 Å². The van der Waals surface area contributed by atoms with Gasteiger partial charge in [-0.3, -0.25) is 10.2 Å². The second-order valence-electron chi connectivity index (χ2n) is 3.54. The molecule has 0 unspecified atom stereocenters. The van der Waals surface area contributed by atoms with Crippen molar-refractivity contribution in [2.75, 3.05) is 11.5 Å². The molecule has 0 aliphatic rings. The fourth-order valence-corrected chi connectivity index (χ4v) is 3.17. The van der Waals surface area contributed by atoms with Crippen LogP contribution in [0.1, 0.15) is 15.2 Å². The molecule has 0 spiro atoms. The minimum atomic E-state index is -0.307. The van der Waals surface area contributed by atoms with E-state index in [0.29, 0.717) is 27.4 Å². The molecule has 0 fully saturated rings. The number of amides is 1. The molecule has 0 aliphatic heterocycles. The summed E-state index contributed by atoms with van der Waals surface area (Å²) in [5.41, 5.74) is 14.1. The van der Waals surface area contributed by atoms with Crippen molar-refractivity contribution >= 4 is 40.6 Å². The number of carbonyl (C=O) groups excluding carboxylic acids is 1. The third-order valence-electron chi connectivity index (χ3n) is 2.19. The van der Waals surface area contributed by atoms with E-state index in [1.807, 2.05) is 11.4 Å². The molecule has 2 aromatic heterocycles. The van der Waals surface area contributed by atoms with Crippen LogP contribution >= 0.6 is 23.1 Å². The first kappa shape index (κ1) is 13.6. The minimum absolute atomic E-state index is 0.307. The average Bonchev–Trinajstić information content (AvgIpc) is 2.82. The molecular weight excluding hydrogens is 284 g/mol. The second-order valence-corrected chi connectivity index (χ2v) is 5.40. The highest BCUT2D eigenvalue weighted by Gasteiger charge is 2.12. The molecule has 7 nitrogen and oxygen atoms in total. The van der Waals surface area contributed by atoms with E-state index >= 15 is 0 Å². The Morgan fingerprint density at radius 3 is 2.68 bits per heavy atom. The van der Waals surface area contributed by atoms with Crippen LogP contribution in [0, 0.1) is 0 Å². The first-order chi connectivity index (χ1) is 9.10. The van der Waals surface area contributed by atoms with Gasteiger partial charge >= 0.3 is 0 Å². The van der Waals surface area contributed by atoms with Crippen molar-refractivity contribution < 1.29 is 4.79 Å². The quantitative estimate of drug-likeness (QED) is 0.213. The molecule has 0 aliphatic carbocycles. The second kappa shape index (κ2) is 5.87. The Labute approximate surface area is 117 Å². The fourth-order valence-electron chi connectivity index (χ4n) is 1.38. The van der Waals surface area contributed by atoms with Crippen LogP contribution in [0.2, 0.25) is 0 Å². The van der Waals surface area contributed by atoms with E-state index in [1.165, 1.54) is 29.2 Å². The highest BCUT2D eigenvalue weighted by atomic mass is 32.2. The number of anilines is 2. The lowest BCUT2D eigenvalue weighted by atomic mass is 10.3. The summed E-state index contributed by atoms with van der Waals surface area (Å²) < 4.78 is 0. The van der Waals surface area contributed by atoms with Crippen LogP contribution < -0.4 is 22.7 Å². The van der Waals surface area contributed by atoms with Crippen molar-refractivity contribution in [1.82, 2.24) is 15.4 Å². The van der Waals surface area contributed by atoms with E-state index in [0.717, 1.165) is 5.56 Å². The van der Waals surface area contributed by atoms with Gasteiger partial charge in [-0.1, -0.05) is 11.8 Å². The van der Waals surface area contributed by atoms with E-state index in [-0.39, 0.29) is 5.91 Å². The summed E-state index contributed by atoms with van der Waals surface area (Å²) >= 11 is 2.68. The van der Waals surface area contributed by atoms with E-state index in [1.54, 1.807) is 0 Å². The number of hydrazine groups is 1. The lowest BCUT2D eigenvalue weighted by Gasteiger charge is -2.03. The van der Waals surface area contributed by atoms with Crippen molar-refractivity contribution in [3.05, 3.63) is 28.0 Å². The van der Waals surface area contributed by atoms with Gasteiger partial charge in [0.05, 0.1) is 4.88 Å². The smallest absolute Gasteiger partial charge is 0.275 e. The minimum Gasteiger partial charge on any atom is -0.383 e. The summed E-state index contributed by atoms with van der Waals surface area (Å²) in [5.74, 6) is 5.99. The van der Waals surface area contributed by atoms with E-state index in [9.17, 15) is 4.79 Å². The molecule has 100 valence electrons. The SMILES string of the molecule is NNC(=O)c1sccc1CSc1nc(N)cc(N)n1. The summed E-state index contributed by atoms with van der Waals surface area (Å²) in [5, 5.41) is 2.30. The number of nitrogens with zero attached hydrogens (tertiary/aromatic N) is 2. The standard InChI is InChI=1S/C10H12N6OS2/c11-6-3-7(12)15-10(14-6)19-4-5-1-2-18-8(5)9(17)16-13/h1-3H,4,13H2,(H,16,17)(H4,11,12,14,15). The molecule has 0 radical (unpaired) electrons. The number of carbonyl (C=O) groups is 1. The van der Waals surface area contributed by atoms with Gasteiger partial charge in [-0.2, -0.15) is 0 Å². The molecule has 1 amide bonds. The zero-order valence-electron chi connectivity index (χ0n) is 9.79. The number of nitrogens with two attached hydrogens (primary N) is 3. The Hall–Kier alpha value is -1.84. The fraction of sp³-hybridized carbons (Fsp3) is 0.100. The van der Waals surface area contributed by atoms with Crippen LogP contribution in [0.25, 0.3) is 0 Å². The Kier molecular flexibility index (Phi) is 4.20. The summed E-state index contributed by atoms with van der Waals surface area (Å²) in [6, 6.07) is 3.35. The zero-order chi connectivity index (χ0) is 13.8. The van der Waals surface area contributed by atoms with Crippen molar-refractivity contribution in [2.24, 2.45) is 5.84 Å². The predicted octanol–water partition coefficient (Wildman–Crippen LogP) is 0.598. The number of thioether (sulfide) groups is 1. The highest BCUT2D eigenvalue weighted by molar-refractivity contribution is 7.98. The van der Waals surface area contributed by atoms with Gasteiger partial charge in [-0.15, -0.1) is 11.3 Å². The summed E-state index contributed by atoms with van der Waals surface area (Å²) in [4.78, 5) is 20.2. The monoisotopic (exact) mass is 296 g/mol. The van der Waals surface area contributed by atoms with Gasteiger partial charge in [0, 0.05) is 11.8 Å². The van der Waals surface area contributed by atoms with Gasteiger partial charge in [0.1, 0.15) is 11.6 Å². The maximum Gasteiger partial charge on any atom is 0.275 e. The van der Waals surface area contributed by atoms with Gasteiger partial charge in [0.25, 0.3) is 5.91 Å². The predicted molar refractivity (Wildman–Crippen MR) is 76.4 cm³/mol. The Balaban J connectivity index is 2.10. The topological polar surface area (TPSA) is 133 Å². The molecule has 0 aromatic carbocycles. The maximum absolute atomic E-state index is 11.5. The first-order valence-corrected chi connectivity index (χ1v) is 7.07. The molecule has 0 saturated carbocycles. The van der Waals surface area contributed by atoms with Crippen molar-refractivity contribution in [1.29, 1.82) is 0 Å². The van der Waals surface area contributed by atoms with Gasteiger partial charge in [0.15, 0.2) is 5.16 Å². The van der Waals surface area contributed by atoms with Crippen LogP contribution in [0.5, 0.6) is 0 Å². The zero-order valence-corrected chi connectivity index (χ0v) is 11.4. The van der Waals surface area contributed by atoms with Crippen LogP contribution in [-0.4, -0.2) is 15.9 Å². The van der Waals surface area contributed by atoms with Crippen LogP contribution in [0.4, 0.5) is 11.6 Å². The lowest BCUT2D eigenvalue weighted by molar-refractivity contribution is 0.0957. The molecule has 19 heavy (non-hydrogen) atoms. The molecule has 0 saturated heterocycles. The number of hydrogen-bond acceptors (Lipinski definition) is 8. The molecule has 9 heteroatoms. The number of nitrogens with one attached hydrogen (secondary N) is 1. The number of nitrogen functional groups attached to an aromatic ring is 3. The number of hydrogen-bond donors (Lipinski definition) is 4. The lowest BCUT2D eigenvalue weighted by Crippen LogP contribution is -2.29. The largest absolute Gasteiger partial charge is 0.383 e. The van der Waals surface area contributed by atoms with Crippen molar-refractivity contribution in [3.63, 3.8) is 0 Å². The Morgan fingerprint density at radius 1 is 1.37 bits per heavy atom. The highest BCUT2D eigenvalue weighted by Crippen LogP contribution is 2.25.